The van der Waals surface area contributed by atoms with Gasteiger partial charge in [-0.15, -0.1) is 0 Å². The zero-order chi connectivity index (χ0) is 45.8. The molecule has 10 nitrogen and oxygen atoms in total. The molecule has 2 unspecified atom stereocenters. The summed E-state index contributed by atoms with van der Waals surface area (Å²) in [5, 5.41) is 10.3. The molecule has 0 amide bonds. The molecule has 0 aromatic heterocycles. The van der Waals surface area contributed by atoms with Crippen LogP contribution in [0.3, 0.4) is 0 Å². The lowest BCUT2D eigenvalue weighted by molar-refractivity contribution is -0.870. The largest absolute Gasteiger partial charge is 0.756 e. The number of phosphoric acid groups is 1. The van der Waals surface area contributed by atoms with E-state index in [9.17, 15) is 24.2 Å². The van der Waals surface area contributed by atoms with E-state index in [0.717, 1.165) is 64.2 Å². The number of nitrogens with zero attached hydrogens (tertiary/aromatic N) is 1. The fraction of sp³-hybridized carbons (Fsp3) is 0.725. The number of esters is 2. The van der Waals surface area contributed by atoms with Gasteiger partial charge in [0.15, 0.2) is 6.10 Å². The fourth-order valence-electron chi connectivity index (χ4n) is 6.20. The van der Waals surface area contributed by atoms with Gasteiger partial charge in [0, 0.05) is 12.8 Å². The van der Waals surface area contributed by atoms with Gasteiger partial charge in [-0.1, -0.05) is 164 Å². The molecular weight excluding hydrogens is 802 g/mol. The highest BCUT2D eigenvalue weighted by atomic mass is 31.2. The van der Waals surface area contributed by atoms with E-state index >= 15 is 0 Å². The number of aliphatic hydroxyl groups excluding tert-OH is 1. The molecule has 62 heavy (non-hydrogen) atoms. The number of rotatable bonds is 43. The second-order valence-corrected chi connectivity index (χ2v) is 18.7. The molecule has 3 atom stereocenters. The molecule has 0 saturated heterocycles. The molecule has 0 rings (SSSR count). The zero-order valence-corrected chi connectivity index (χ0v) is 40.8. The summed E-state index contributed by atoms with van der Waals surface area (Å²) in [6.45, 7) is 3.96. The lowest BCUT2D eigenvalue weighted by Crippen LogP contribution is -2.37. The number of phosphoric ester groups is 1. The molecule has 0 fully saturated rings. The molecule has 358 valence electrons. The van der Waals surface area contributed by atoms with Gasteiger partial charge in [-0.3, -0.25) is 14.2 Å². The number of ether oxygens (including phenoxy) is 2. The van der Waals surface area contributed by atoms with Crippen LogP contribution in [0.15, 0.2) is 72.9 Å². The van der Waals surface area contributed by atoms with Gasteiger partial charge in [-0.2, -0.15) is 0 Å². The lowest BCUT2D eigenvalue weighted by atomic mass is 10.1. The fourth-order valence-corrected chi connectivity index (χ4v) is 6.93. The number of aliphatic hydroxyl groups is 1. The highest BCUT2D eigenvalue weighted by molar-refractivity contribution is 7.45. The van der Waals surface area contributed by atoms with Gasteiger partial charge in [-0.05, 0) is 77.0 Å². The number of likely N-dealkylation sites (N-methyl/N-ethyl adjacent to an activating group) is 1. The third kappa shape index (κ3) is 45.4. The number of quaternary nitrogens is 1. The summed E-state index contributed by atoms with van der Waals surface area (Å²) in [6.07, 6.45) is 49.6. The summed E-state index contributed by atoms with van der Waals surface area (Å²) in [6, 6.07) is 0. The predicted molar refractivity (Wildman–Crippen MR) is 255 cm³/mol. The highest BCUT2D eigenvalue weighted by Crippen LogP contribution is 2.38. The maximum Gasteiger partial charge on any atom is 0.306 e. The molecule has 0 saturated carbocycles. The smallest absolute Gasteiger partial charge is 0.306 e. The monoisotopic (exact) mass is 892 g/mol. The van der Waals surface area contributed by atoms with Crippen LogP contribution >= 0.6 is 7.82 Å². The third-order valence-electron chi connectivity index (χ3n) is 10.1. The Hall–Kier alpha value is -2.59. The standard InChI is InChI=1S/C51H90NO9P/c1-6-8-10-12-14-16-18-20-21-22-23-24-25-26-28-30-32-34-36-38-42-50(54)58-46-49(47-60-62(56,57)59-45-44-52(3,4)5)61-51(55)43-39-41-48(53)40-37-35-33-31-29-27-19-17-15-13-11-9-7-2/h16,18,21-22,24-25,27,29,33,35,37,40,48-49,53H,6-15,17,19-20,23,26,28,30-32,34,36,38-39,41-47H2,1-5H3/b18-16-,22-21-,25-24-,29-27+,35-33+,40-37+/t48?,49-/m1/s1. The van der Waals surface area contributed by atoms with Crippen molar-refractivity contribution in [1.29, 1.82) is 0 Å². The van der Waals surface area contributed by atoms with E-state index in [2.05, 4.69) is 62.5 Å². The molecule has 0 radical (unpaired) electrons. The van der Waals surface area contributed by atoms with E-state index in [-0.39, 0.29) is 26.1 Å². The van der Waals surface area contributed by atoms with Crippen LogP contribution in [-0.4, -0.2) is 81.2 Å². The van der Waals surface area contributed by atoms with E-state index in [1.165, 1.54) is 70.6 Å². The Labute approximate surface area is 379 Å². The van der Waals surface area contributed by atoms with Crippen LogP contribution in [0.1, 0.15) is 181 Å². The van der Waals surface area contributed by atoms with Crippen LogP contribution in [0.25, 0.3) is 0 Å². The van der Waals surface area contributed by atoms with E-state index in [0.29, 0.717) is 30.3 Å². The number of allylic oxidation sites excluding steroid dienone is 11. The highest BCUT2D eigenvalue weighted by Gasteiger charge is 2.22. The summed E-state index contributed by atoms with van der Waals surface area (Å²) in [5.41, 5.74) is 0. The van der Waals surface area contributed by atoms with Crippen LogP contribution in [0.4, 0.5) is 0 Å². The first-order chi connectivity index (χ1) is 29.9. The molecule has 11 heteroatoms. The van der Waals surface area contributed by atoms with Crippen molar-refractivity contribution in [3.8, 4) is 0 Å². The first kappa shape index (κ1) is 59.4. The van der Waals surface area contributed by atoms with Crippen LogP contribution < -0.4 is 4.89 Å². The summed E-state index contributed by atoms with van der Waals surface area (Å²) < 4.78 is 33.8. The van der Waals surface area contributed by atoms with Gasteiger partial charge in [-0.25, -0.2) is 0 Å². The van der Waals surface area contributed by atoms with E-state index in [1.807, 2.05) is 33.3 Å². The van der Waals surface area contributed by atoms with Crippen molar-refractivity contribution >= 4 is 19.8 Å². The van der Waals surface area contributed by atoms with Gasteiger partial charge < -0.3 is 33.0 Å². The second-order valence-electron chi connectivity index (χ2n) is 17.3. The minimum Gasteiger partial charge on any atom is -0.756 e. The molecule has 0 aliphatic rings. The van der Waals surface area contributed by atoms with Gasteiger partial charge in [0.05, 0.1) is 33.9 Å². The number of carbonyl (C=O) groups excluding carboxylic acids is 2. The molecule has 0 aliphatic heterocycles. The second kappa shape index (κ2) is 42.4. The quantitative estimate of drug-likeness (QED) is 0.0159. The number of hydrogen-bond donors (Lipinski definition) is 1. The average molecular weight is 892 g/mol. The summed E-state index contributed by atoms with van der Waals surface area (Å²) in [5.74, 6) is -1.05. The Kier molecular flexibility index (Phi) is 40.6. The Morgan fingerprint density at radius 3 is 1.65 bits per heavy atom. The zero-order valence-electron chi connectivity index (χ0n) is 39.9. The van der Waals surface area contributed by atoms with Crippen molar-refractivity contribution < 1.29 is 47.2 Å². The van der Waals surface area contributed by atoms with Crippen molar-refractivity contribution in [3.05, 3.63) is 72.9 Å². The molecule has 0 bridgehead atoms. The van der Waals surface area contributed by atoms with Gasteiger partial charge >= 0.3 is 11.9 Å². The Morgan fingerprint density at radius 1 is 0.597 bits per heavy atom. The first-order valence-corrected chi connectivity index (χ1v) is 25.7. The van der Waals surface area contributed by atoms with E-state index < -0.39 is 38.6 Å². The molecule has 0 aromatic rings. The maximum atomic E-state index is 12.7. The SMILES string of the molecule is CCCCCC/C=C\C/C=C\C/C=C\CCCCCCCCC(=O)OC[C@H](COP(=O)([O-])OCC[N+](C)(C)C)OC(=O)CCCC(O)/C=C/C=C/C/C=C/CCCCCCCC. The molecule has 0 aliphatic carbocycles. The van der Waals surface area contributed by atoms with Crippen LogP contribution in [-0.2, 0) is 32.7 Å². The Bertz CT molecular complexity index is 1300. The minimum atomic E-state index is -4.69. The predicted octanol–water partition coefficient (Wildman–Crippen LogP) is 12.5. The Morgan fingerprint density at radius 2 is 1.08 bits per heavy atom. The van der Waals surface area contributed by atoms with Crippen molar-refractivity contribution in [2.75, 3.05) is 47.5 Å². The van der Waals surface area contributed by atoms with Gasteiger partial charge in [0.2, 0.25) is 0 Å². The number of hydrogen-bond acceptors (Lipinski definition) is 9. The van der Waals surface area contributed by atoms with Gasteiger partial charge in [0.1, 0.15) is 19.8 Å². The third-order valence-corrected chi connectivity index (χ3v) is 11.0. The van der Waals surface area contributed by atoms with Crippen molar-refractivity contribution in [1.82, 2.24) is 0 Å². The van der Waals surface area contributed by atoms with Crippen LogP contribution in [0.5, 0.6) is 0 Å². The average Bonchev–Trinajstić information content (AvgIpc) is 3.22. The summed E-state index contributed by atoms with van der Waals surface area (Å²) in [7, 11) is 1.03. The molecule has 0 heterocycles. The molecular formula is C51H90NO9P. The van der Waals surface area contributed by atoms with Crippen molar-refractivity contribution in [2.45, 2.75) is 193 Å². The lowest BCUT2D eigenvalue weighted by Gasteiger charge is -2.28. The van der Waals surface area contributed by atoms with Crippen molar-refractivity contribution in [2.24, 2.45) is 0 Å². The maximum absolute atomic E-state index is 12.7. The normalized spacial score (nSPS) is 14.6. The van der Waals surface area contributed by atoms with E-state index in [1.54, 1.807) is 12.2 Å². The topological polar surface area (TPSA) is 131 Å². The first-order valence-electron chi connectivity index (χ1n) is 24.3. The van der Waals surface area contributed by atoms with Crippen molar-refractivity contribution in [3.63, 3.8) is 0 Å². The summed E-state index contributed by atoms with van der Waals surface area (Å²) in [4.78, 5) is 37.7. The molecule has 1 N–H and O–H groups in total. The molecule has 0 spiro atoms. The van der Waals surface area contributed by atoms with Crippen LogP contribution in [0.2, 0.25) is 0 Å². The number of unbranched alkanes of at least 4 members (excludes halogenated alkanes) is 16. The molecule has 0 aromatic carbocycles. The summed E-state index contributed by atoms with van der Waals surface area (Å²) >= 11 is 0. The van der Waals surface area contributed by atoms with Crippen LogP contribution in [0, 0.1) is 0 Å². The van der Waals surface area contributed by atoms with E-state index in [4.69, 9.17) is 18.5 Å². The minimum absolute atomic E-state index is 0.00530. The Balaban J connectivity index is 4.50. The number of carbonyl (C=O) groups is 2. The van der Waals surface area contributed by atoms with Gasteiger partial charge in [0.25, 0.3) is 7.82 Å².